The Morgan fingerprint density at radius 1 is 0.950 bits per heavy atom. The lowest BCUT2D eigenvalue weighted by atomic mass is 10.0. The van der Waals surface area contributed by atoms with Crippen LogP contribution in [0.5, 0.6) is 11.5 Å². The summed E-state index contributed by atoms with van der Waals surface area (Å²) in [5.74, 6) is 1.66. The van der Waals surface area contributed by atoms with Crippen molar-refractivity contribution in [1.82, 2.24) is 0 Å². The molecule has 0 saturated heterocycles. The highest BCUT2D eigenvalue weighted by molar-refractivity contribution is 9.09. The lowest BCUT2D eigenvalue weighted by Crippen LogP contribution is -2.15. The second-order valence-corrected chi connectivity index (χ2v) is 6.33. The molecule has 1 aliphatic heterocycles. The van der Waals surface area contributed by atoms with Gasteiger partial charge in [0.05, 0.1) is 4.83 Å². The number of alkyl halides is 1. The first kappa shape index (κ1) is 13.8. The first-order chi connectivity index (χ1) is 9.78. The molecule has 0 aromatic heterocycles. The van der Waals surface area contributed by atoms with Crippen LogP contribution in [0.4, 0.5) is 0 Å². The molecule has 0 saturated carbocycles. The Morgan fingerprint density at radius 3 is 2.30 bits per heavy atom. The number of hydrogen-bond donors (Lipinski definition) is 0. The van der Waals surface area contributed by atoms with Crippen molar-refractivity contribution in [1.29, 1.82) is 0 Å². The minimum Gasteiger partial charge on any atom is -0.486 e. The van der Waals surface area contributed by atoms with Crippen LogP contribution in [0.2, 0.25) is 0 Å². The van der Waals surface area contributed by atoms with Gasteiger partial charge in [-0.25, -0.2) is 0 Å². The van der Waals surface area contributed by atoms with Crippen molar-refractivity contribution in [2.24, 2.45) is 0 Å². The Labute approximate surface area is 131 Å². The summed E-state index contributed by atoms with van der Waals surface area (Å²) >= 11 is 5.52. The van der Waals surface area contributed by atoms with Crippen molar-refractivity contribution < 1.29 is 9.47 Å². The van der Waals surface area contributed by atoms with Crippen LogP contribution in [0.1, 0.15) is 16.0 Å². The highest BCUT2D eigenvalue weighted by Gasteiger charge is 2.16. The first-order valence-electron chi connectivity index (χ1n) is 6.45. The lowest BCUT2D eigenvalue weighted by molar-refractivity contribution is 0.171. The van der Waals surface area contributed by atoms with Crippen molar-refractivity contribution in [3.63, 3.8) is 0 Å². The van der Waals surface area contributed by atoms with Gasteiger partial charge in [0.2, 0.25) is 0 Å². The molecule has 1 heterocycles. The summed E-state index contributed by atoms with van der Waals surface area (Å²) in [6.07, 6.45) is 2.08. The van der Waals surface area contributed by atoms with Gasteiger partial charge in [-0.2, -0.15) is 0 Å². The molecule has 104 valence electrons. The molecule has 1 unspecified atom stereocenters. The third-order valence-corrected chi connectivity index (χ3v) is 5.07. The van der Waals surface area contributed by atoms with E-state index in [0.717, 1.165) is 11.5 Å². The van der Waals surface area contributed by atoms with E-state index in [9.17, 15) is 0 Å². The van der Waals surface area contributed by atoms with Gasteiger partial charge < -0.3 is 9.47 Å². The van der Waals surface area contributed by atoms with E-state index in [2.05, 4.69) is 58.6 Å². The second kappa shape index (κ2) is 6.10. The van der Waals surface area contributed by atoms with Gasteiger partial charge in [-0.05, 0) is 41.6 Å². The summed E-state index contributed by atoms with van der Waals surface area (Å²) in [4.78, 5) is 1.44. The average Bonchev–Trinajstić information content (AvgIpc) is 2.54. The van der Waals surface area contributed by atoms with E-state index in [1.165, 1.54) is 16.0 Å². The molecule has 0 aliphatic carbocycles. The molecule has 20 heavy (non-hydrogen) atoms. The maximum atomic E-state index is 5.64. The third kappa shape index (κ3) is 2.81. The van der Waals surface area contributed by atoms with Gasteiger partial charge in [0.25, 0.3) is 0 Å². The molecule has 0 radical (unpaired) electrons. The fraction of sp³-hybridized carbons (Fsp3) is 0.250. The van der Waals surface area contributed by atoms with Crippen LogP contribution >= 0.6 is 27.7 Å². The Kier molecular flexibility index (Phi) is 4.22. The van der Waals surface area contributed by atoms with Gasteiger partial charge in [0, 0.05) is 4.90 Å². The molecule has 2 aromatic carbocycles. The molecule has 0 spiro atoms. The van der Waals surface area contributed by atoms with Gasteiger partial charge in [0.15, 0.2) is 11.5 Å². The number of thioether (sulfide) groups is 1. The van der Waals surface area contributed by atoms with Crippen LogP contribution in [-0.2, 0) is 0 Å². The molecule has 0 N–H and O–H groups in total. The van der Waals surface area contributed by atoms with Crippen molar-refractivity contribution in [3.8, 4) is 11.5 Å². The van der Waals surface area contributed by atoms with E-state index in [0.29, 0.717) is 13.2 Å². The van der Waals surface area contributed by atoms with Crippen LogP contribution < -0.4 is 9.47 Å². The predicted octanol–water partition coefficient (Wildman–Crippen LogP) is 4.66. The fourth-order valence-electron chi connectivity index (χ4n) is 2.18. The van der Waals surface area contributed by atoms with Crippen LogP contribution in [0.25, 0.3) is 0 Å². The summed E-state index contributed by atoms with van der Waals surface area (Å²) in [6, 6.07) is 14.7. The molecule has 1 atom stereocenters. The van der Waals surface area contributed by atoms with Crippen molar-refractivity contribution in [2.75, 3.05) is 19.5 Å². The van der Waals surface area contributed by atoms with Gasteiger partial charge in [-0.1, -0.05) is 34.1 Å². The molecular formula is C16H15BrO2S. The lowest BCUT2D eigenvalue weighted by Gasteiger charge is -2.20. The Balaban J connectivity index is 1.87. The van der Waals surface area contributed by atoms with Crippen molar-refractivity contribution in [3.05, 3.63) is 53.6 Å². The number of hydrogen-bond acceptors (Lipinski definition) is 3. The van der Waals surface area contributed by atoms with Gasteiger partial charge in [0.1, 0.15) is 13.2 Å². The zero-order valence-electron chi connectivity index (χ0n) is 11.1. The van der Waals surface area contributed by atoms with Crippen LogP contribution in [-0.4, -0.2) is 19.5 Å². The highest BCUT2D eigenvalue weighted by Crippen LogP contribution is 2.38. The molecular weight excluding hydrogens is 336 g/mol. The quantitative estimate of drug-likeness (QED) is 0.592. The topological polar surface area (TPSA) is 18.5 Å². The smallest absolute Gasteiger partial charge is 0.161 e. The number of fused-ring (bicyclic) bond motifs is 1. The maximum Gasteiger partial charge on any atom is 0.161 e. The number of ether oxygens (including phenoxy) is 2. The number of rotatable bonds is 3. The summed E-state index contributed by atoms with van der Waals surface area (Å²) in [5.41, 5.74) is 2.41. The normalized spacial score (nSPS) is 14.9. The fourth-order valence-corrected chi connectivity index (χ4v) is 3.18. The van der Waals surface area contributed by atoms with E-state index in [1.54, 1.807) is 11.8 Å². The van der Waals surface area contributed by atoms with Crippen molar-refractivity contribution >= 4 is 27.7 Å². The molecule has 4 heteroatoms. The van der Waals surface area contributed by atoms with Crippen molar-refractivity contribution in [2.45, 2.75) is 9.72 Å². The molecule has 1 aliphatic rings. The van der Waals surface area contributed by atoms with Crippen LogP contribution in [0, 0.1) is 0 Å². The Hall–Kier alpha value is -1.13. The van der Waals surface area contributed by atoms with Crippen LogP contribution in [0.3, 0.4) is 0 Å². The molecule has 0 fully saturated rings. The molecule has 0 bridgehead atoms. The summed E-state index contributed by atoms with van der Waals surface area (Å²) in [7, 11) is 0. The largest absolute Gasteiger partial charge is 0.486 e. The zero-order chi connectivity index (χ0) is 13.9. The molecule has 2 aromatic rings. The van der Waals surface area contributed by atoms with Gasteiger partial charge in [-0.15, -0.1) is 11.8 Å². The maximum absolute atomic E-state index is 5.64. The van der Waals surface area contributed by atoms with E-state index in [1.807, 2.05) is 6.07 Å². The predicted molar refractivity (Wildman–Crippen MR) is 86.4 cm³/mol. The van der Waals surface area contributed by atoms with E-state index >= 15 is 0 Å². The van der Waals surface area contributed by atoms with E-state index in [-0.39, 0.29) is 4.83 Å². The molecule has 2 nitrogen and oxygen atoms in total. The summed E-state index contributed by atoms with van der Waals surface area (Å²) in [5, 5.41) is 0. The van der Waals surface area contributed by atoms with E-state index in [4.69, 9.17) is 9.47 Å². The van der Waals surface area contributed by atoms with Crippen LogP contribution in [0.15, 0.2) is 47.4 Å². The summed E-state index contributed by atoms with van der Waals surface area (Å²) < 4.78 is 11.2. The monoisotopic (exact) mass is 350 g/mol. The second-order valence-electron chi connectivity index (χ2n) is 4.54. The Bertz CT molecular complexity index is 598. The standard InChI is InChI=1S/C16H15BrO2S/c1-20-13-5-2-11(3-6-13)16(17)12-4-7-14-15(10-12)19-9-8-18-14/h2-7,10,16H,8-9H2,1H3. The minimum atomic E-state index is 0.161. The average molecular weight is 351 g/mol. The Morgan fingerprint density at radius 2 is 1.60 bits per heavy atom. The van der Waals surface area contributed by atoms with Gasteiger partial charge >= 0.3 is 0 Å². The number of benzene rings is 2. The highest BCUT2D eigenvalue weighted by atomic mass is 79.9. The first-order valence-corrected chi connectivity index (χ1v) is 8.59. The number of halogens is 1. The molecule has 0 amide bonds. The molecule has 3 rings (SSSR count). The zero-order valence-corrected chi connectivity index (χ0v) is 13.5. The SMILES string of the molecule is CSc1ccc(C(Br)c2ccc3c(c2)OCCO3)cc1. The summed E-state index contributed by atoms with van der Waals surface area (Å²) in [6.45, 7) is 1.24. The van der Waals surface area contributed by atoms with Gasteiger partial charge in [-0.3, -0.25) is 0 Å². The third-order valence-electron chi connectivity index (χ3n) is 3.27. The van der Waals surface area contributed by atoms with E-state index < -0.39 is 0 Å². The minimum absolute atomic E-state index is 0.161.